The van der Waals surface area contributed by atoms with E-state index in [4.69, 9.17) is 14.6 Å². The Morgan fingerprint density at radius 1 is 1.05 bits per heavy atom. The first-order valence-corrected chi connectivity index (χ1v) is 16.5. The Morgan fingerprint density at radius 2 is 1.77 bits per heavy atom. The Hall–Kier alpha value is -3.44. The van der Waals surface area contributed by atoms with Crippen LogP contribution >= 0.6 is 0 Å². The van der Waals surface area contributed by atoms with Crippen LogP contribution in [0.5, 0.6) is 0 Å². The van der Waals surface area contributed by atoms with Gasteiger partial charge in [-0.25, -0.2) is 13.1 Å². The van der Waals surface area contributed by atoms with Crippen molar-refractivity contribution in [3.05, 3.63) is 41.7 Å². The molecule has 0 unspecified atom stereocenters. The van der Waals surface area contributed by atoms with Gasteiger partial charge in [0.15, 0.2) is 9.84 Å². The Morgan fingerprint density at radius 3 is 2.48 bits per heavy atom. The first-order valence-electron chi connectivity index (χ1n) is 14.6. The van der Waals surface area contributed by atoms with E-state index >= 15 is 0 Å². The number of hydrogen-bond donors (Lipinski definition) is 4. The molecule has 2 aromatic rings. The van der Waals surface area contributed by atoms with Crippen molar-refractivity contribution >= 4 is 27.6 Å². The minimum Gasteiger partial charge on any atom is -0.394 e. The lowest BCUT2D eigenvalue weighted by Crippen LogP contribution is -2.59. The maximum atomic E-state index is 13.5. The van der Waals surface area contributed by atoms with Gasteiger partial charge in [-0.2, -0.15) is 0 Å². The molecular weight excluding hydrogens is 594 g/mol. The number of likely N-dealkylation sites (tertiary alicyclic amines) is 1. The number of hydrogen-bond acceptors (Lipinski definition) is 11. The number of amides is 3. The Labute approximate surface area is 256 Å². The number of aromatic nitrogens is 3. The van der Waals surface area contributed by atoms with Crippen molar-refractivity contribution in [1.29, 1.82) is 0 Å². The van der Waals surface area contributed by atoms with Gasteiger partial charge in [-0.3, -0.25) is 19.3 Å². The molecule has 4 N–H and O–H groups in total. The molecule has 0 bridgehead atoms. The zero-order valence-corrected chi connectivity index (χ0v) is 25.7. The smallest absolute Gasteiger partial charge is 0.246 e. The number of carbonyl (C=O) groups excluding carboxylic acids is 3. The summed E-state index contributed by atoms with van der Waals surface area (Å²) in [6.45, 7) is 2.61. The van der Waals surface area contributed by atoms with Gasteiger partial charge in [0.1, 0.15) is 12.6 Å². The van der Waals surface area contributed by atoms with E-state index in [1.165, 1.54) is 10.9 Å². The molecule has 2 aliphatic heterocycles. The zero-order valence-electron chi connectivity index (χ0n) is 24.9. The lowest BCUT2D eigenvalue weighted by Gasteiger charge is -2.42. The van der Waals surface area contributed by atoms with Gasteiger partial charge >= 0.3 is 0 Å². The molecular formula is C28H41N7O8S. The molecule has 1 spiro atoms. The number of sulfone groups is 1. The summed E-state index contributed by atoms with van der Waals surface area (Å²) in [7, 11) is -3.28. The molecule has 44 heavy (non-hydrogen) atoms. The molecule has 242 valence electrons. The average Bonchev–Trinajstić information content (AvgIpc) is 3.41. The Balaban J connectivity index is 1.45. The third kappa shape index (κ3) is 10.1. The summed E-state index contributed by atoms with van der Waals surface area (Å²) in [5.41, 5.74) is 0.566. The average molecular weight is 636 g/mol. The summed E-state index contributed by atoms with van der Waals surface area (Å²) in [6, 6.07) is 5.81. The number of aliphatic hydroxyl groups is 1. The lowest BCUT2D eigenvalue weighted by molar-refractivity contribution is -0.133. The molecule has 0 radical (unpaired) electrons. The molecule has 0 aliphatic carbocycles. The van der Waals surface area contributed by atoms with Gasteiger partial charge in [0.05, 0.1) is 49.1 Å². The molecule has 2 saturated heterocycles. The second-order valence-electron chi connectivity index (χ2n) is 11.2. The predicted molar refractivity (Wildman–Crippen MR) is 157 cm³/mol. The molecule has 3 amide bonds. The van der Waals surface area contributed by atoms with Crippen LogP contribution in [0.4, 0.5) is 0 Å². The van der Waals surface area contributed by atoms with Crippen LogP contribution in [0.2, 0.25) is 0 Å². The molecule has 3 heterocycles. The molecule has 0 saturated carbocycles. The third-order valence-electron chi connectivity index (χ3n) is 7.61. The van der Waals surface area contributed by atoms with Crippen molar-refractivity contribution in [3.63, 3.8) is 0 Å². The fourth-order valence-corrected chi connectivity index (χ4v) is 5.92. The lowest BCUT2D eigenvalue weighted by atomic mass is 9.83. The van der Waals surface area contributed by atoms with E-state index in [1.54, 1.807) is 30.5 Å². The number of aliphatic hydroxyl groups excluding tert-OH is 1. The van der Waals surface area contributed by atoms with Gasteiger partial charge in [0.25, 0.3) is 0 Å². The van der Waals surface area contributed by atoms with Crippen LogP contribution in [-0.2, 0) is 53.2 Å². The number of nitrogens with zero attached hydrogens (tertiary/aromatic N) is 4. The largest absolute Gasteiger partial charge is 0.394 e. The van der Waals surface area contributed by atoms with Crippen LogP contribution in [0.1, 0.15) is 30.5 Å². The van der Waals surface area contributed by atoms with Crippen LogP contribution in [0.25, 0.3) is 0 Å². The van der Waals surface area contributed by atoms with E-state index in [9.17, 15) is 22.8 Å². The Bertz CT molecular complexity index is 1370. The molecule has 1 aromatic carbocycles. The van der Waals surface area contributed by atoms with Crippen molar-refractivity contribution in [2.45, 2.75) is 55.2 Å². The van der Waals surface area contributed by atoms with Crippen molar-refractivity contribution in [3.8, 4) is 0 Å². The van der Waals surface area contributed by atoms with Crippen LogP contribution < -0.4 is 16.0 Å². The van der Waals surface area contributed by atoms with Gasteiger partial charge in [0.2, 0.25) is 17.7 Å². The monoisotopic (exact) mass is 635 g/mol. The number of piperidine rings is 1. The number of nitrogens with one attached hydrogen (secondary N) is 3. The first-order chi connectivity index (χ1) is 21.0. The molecule has 16 heteroatoms. The number of carbonyl (C=O) groups is 3. The van der Waals surface area contributed by atoms with Crippen LogP contribution in [0.15, 0.2) is 35.4 Å². The second kappa shape index (κ2) is 15.5. The van der Waals surface area contributed by atoms with Gasteiger partial charge in [-0.15, -0.1) is 5.10 Å². The van der Waals surface area contributed by atoms with Crippen molar-refractivity contribution < 1.29 is 37.4 Å². The summed E-state index contributed by atoms with van der Waals surface area (Å²) in [6.07, 6.45) is 3.78. The minimum absolute atomic E-state index is 0.0419. The third-order valence-corrected chi connectivity index (χ3v) is 8.73. The number of rotatable bonds is 7. The molecule has 1 aromatic heterocycles. The summed E-state index contributed by atoms with van der Waals surface area (Å²) in [5, 5.41) is 25.8. The van der Waals surface area contributed by atoms with Crippen molar-refractivity contribution in [1.82, 2.24) is 35.8 Å². The summed E-state index contributed by atoms with van der Waals surface area (Å²) < 4.78 is 36.0. The van der Waals surface area contributed by atoms with Gasteiger partial charge in [-0.05, 0) is 30.5 Å². The topological polar surface area (TPSA) is 194 Å². The van der Waals surface area contributed by atoms with Crippen LogP contribution in [-0.4, -0.2) is 122 Å². The predicted octanol–water partition coefficient (Wildman–Crippen LogP) is -1.59. The molecule has 4 rings (SSSR count). The first kappa shape index (κ1) is 33.5. The van der Waals surface area contributed by atoms with E-state index in [2.05, 4.69) is 31.2 Å². The molecule has 2 aliphatic rings. The fourth-order valence-electron chi connectivity index (χ4n) is 5.29. The highest BCUT2D eigenvalue weighted by Crippen LogP contribution is 2.27. The summed E-state index contributed by atoms with van der Waals surface area (Å²) >= 11 is 0. The van der Waals surface area contributed by atoms with E-state index in [1.807, 2.05) is 0 Å². The highest BCUT2D eigenvalue weighted by atomic mass is 32.2. The molecule has 1 atom stereocenters. The van der Waals surface area contributed by atoms with E-state index in [0.717, 1.165) is 5.56 Å². The van der Waals surface area contributed by atoms with E-state index in [-0.39, 0.29) is 69.8 Å². The van der Waals surface area contributed by atoms with Gasteiger partial charge in [-0.1, -0.05) is 17.3 Å². The standard InChI is InChI=1S/C28H41N7O8S/c1-44(40,41)23-4-2-21(3-5-23)18-34-9-6-28(7-10-34)17-25(37)30-24(16-22-19-35(11-12-36)33-32-22)27(39)29-8-13-42-14-15-43-20-26(38)31-28/h2-5,19,24,36H,6-18,20H2,1H3,(H,29,39)(H,30,37)(H,31,38)/t24-/m1/s1. The quantitative estimate of drug-likeness (QED) is 0.274. The van der Waals surface area contributed by atoms with E-state index in [0.29, 0.717) is 38.2 Å². The Kier molecular flexibility index (Phi) is 11.8. The van der Waals surface area contributed by atoms with E-state index < -0.39 is 33.2 Å². The summed E-state index contributed by atoms with van der Waals surface area (Å²) in [5.74, 6) is -1.15. The molecule has 2 fully saturated rings. The molecule has 15 nitrogen and oxygen atoms in total. The number of ether oxygens (including phenoxy) is 2. The highest BCUT2D eigenvalue weighted by Gasteiger charge is 2.39. The zero-order chi connectivity index (χ0) is 31.6. The normalized spacial score (nSPS) is 21.4. The SMILES string of the molecule is CS(=O)(=O)c1ccc(CN2CCC3(CC2)CC(=O)N[C@H](Cc2cn(CCO)nn2)C(=O)NCCOCCOCC(=O)N3)cc1. The van der Waals surface area contributed by atoms with Gasteiger partial charge in [0, 0.05) is 51.5 Å². The minimum atomic E-state index is -3.28. The number of benzene rings is 1. The maximum Gasteiger partial charge on any atom is 0.246 e. The summed E-state index contributed by atoms with van der Waals surface area (Å²) in [4.78, 5) is 41.9. The van der Waals surface area contributed by atoms with Crippen molar-refractivity contribution in [2.24, 2.45) is 0 Å². The van der Waals surface area contributed by atoms with Gasteiger partial charge < -0.3 is 30.5 Å². The fraction of sp³-hybridized carbons (Fsp3) is 0.607. The maximum absolute atomic E-state index is 13.5. The van der Waals surface area contributed by atoms with Crippen LogP contribution in [0, 0.1) is 0 Å². The van der Waals surface area contributed by atoms with Crippen molar-refractivity contribution in [2.75, 3.05) is 58.9 Å². The van der Waals surface area contributed by atoms with Crippen LogP contribution in [0.3, 0.4) is 0 Å². The second-order valence-corrected chi connectivity index (χ2v) is 13.2. The highest BCUT2D eigenvalue weighted by molar-refractivity contribution is 7.90.